The number of ether oxygens (including phenoxy) is 2. The predicted octanol–water partition coefficient (Wildman–Crippen LogP) is 3.18. The lowest BCUT2D eigenvalue weighted by Gasteiger charge is -2.35. The fraction of sp³-hybridized carbons (Fsp3) is 0.600. The standard InChI is InChI=1S/C15H20ClNO2/c1-2-17-13-8-15(10-5-6-18-9-10)19-14-4-3-11(16)7-12(13)14/h3-4,7,10,13,15,17H,2,5-6,8-9H2,1H3. The maximum absolute atomic E-state index is 6.17. The zero-order valence-electron chi connectivity index (χ0n) is 11.2. The van der Waals surface area contributed by atoms with Crippen molar-refractivity contribution in [3.63, 3.8) is 0 Å². The Kier molecular flexibility index (Phi) is 3.96. The molecule has 3 unspecified atom stereocenters. The van der Waals surface area contributed by atoms with Crippen molar-refractivity contribution in [1.82, 2.24) is 5.32 Å². The molecule has 2 heterocycles. The molecular formula is C15H20ClNO2. The van der Waals surface area contributed by atoms with Gasteiger partial charge in [-0.3, -0.25) is 0 Å². The number of benzene rings is 1. The SMILES string of the molecule is CCNC1CC(C2CCOC2)Oc2ccc(Cl)cc21. The van der Waals surface area contributed by atoms with Gasteiger partial charge in [0.25, 0.3) is 0 Å². The van der Waals surface area contributed by atoms with Gasteiger partial charge >= 0.3 is 0 Å². The van der Waals surface area contributed by atoms with Crippen LogP contribution in [0.1, 0.15) is 31.4 Å². The molecule has 0 amide bonds. The normalized spacial score (nSPS) is 29.9. The first-order valence-electron chi connectivity index (χ1n) is 7.05. The number of rotatable bonds is 3. The zero-order valence-corrected chi connectivity index (χ0v) is 12.0. The minimum Gasteiger partial charge on any atom is -0.490 e. The Hall–Kier alpha value is -0.770. The zero-order chi connectivity index (χ0) is 13.2. The first kappa shape index (κ1) is 13.2. The van der Waals surface area contributed by atoms with Crippen LogP contribution in [0.15, 0.2) is 18.2 Å². The van der Waals surface area contributed by atoms with Gasteiger partial charge in [-0.1, -0.05) is 18.5 Å². The molecular weight excluding hydrogens is 262 g/mol. The van der Waals surface area contributed by atoms with Gasteiger partial charge in [0, 0.05) is 35.6 Å². The maximum atomic E-state index is 6.17. The number of nitrogens with one attached hydrogen (secondary N) is 1. The van der Waals surface area contributed by atoms with Crippen molar-refractivity contribution in [2.45, 2.75) is 31.9 Å². The molecule has 1 aromatic rings. The highest BCUT2D eigenvalue weighted by Gasteiger charge is 2.34. The molecule has 1 fully saturated rings. The van der Waals surface area contributed by atoms with Crippen LogP contribution in [-0.4, -0.2) is 25.9 Å². The van der Waals surface area contributed by atoms with Crippen LogP contribution in [0, 0.1) is 5.92 Å². The van der Waals surface area contributed by atoms with Gasteiger partial charge in [0.1, 0.15) is 11.9 Å². The summed E-state index contributed by atoms with van der Waals surface area (Å²) in [7, 11) is 0. The summed E-state index contributed by atoms with van der Waals surface area (Å²) in [6, 6.07) is 6.24. The summed E-state index contributed by atoms with van der Waals surface area (Å²) in [5, 5.41) is 4.31. The van der Waals surface area contributed by atoms with E-state index < -0.39 is 0 Å². The molecule has 104 valence electrons. The molecule has 0 aromatic heterocycles. The Labute approximate surface area is 119 Å². The molecule has 3 nitrogen and oxygen atoms in total. The monoisotopic (exact) mass is 281 g/mol. The van der Waals surface area contributed by atoms with E-state index in [0.717, 1.165) is 43.4 Å². The number of hydrogen-bond donors (Lipinski definition) is 1. The fourth-order valence-corrected chi connectivity index (χ4v) is 3.22. The van der Waals surface area contributed by atoms with Gasteiger partial charge in [0.2, 0.25) is 0 Å². The Bertz CT molecular complexity index is 446. The minimum atomic E-state index is 0.250. The van der Waals surface area contributed by atoms with Crippen LogP contribution in [-0.2, 0) is 4.74 Å². The fourth-order valence-electron chi connectivity index (χ4n) is 3.04. The lowest BCUT2D eigenvalue weighted by atomic mass is 9.89. The second kappa shape index (κ2) is 5.70. The van der Waals surface area contributed by atoms with E-state index >= 15 is 0 Å². The topological polar surface area (TPSA) is 30.5 Å². The van der Waals surface area contributed by atoms with Gasteiger partial charge in [0.05, 0.1) is 6.61 Å². The summed E-state index contributed by atoms with van der Waals surface area (Å²) in [5.74, 6) is 1.49. The molecule has 3 rings (SSSR count). The van der Waals surface area contributed by atoms with E-state index in [1.54, 1.807) is 0 Å². The van der Waals surface area contributed by atoms with E-state index in [-0.39, 0.29) is 6.10 Å². The highest BCUT2D eigenvalue weighted by atomic mass is 35.5. The second-order valence-corrected chi connectivity index (χ2v) is 5.74. The summed E-state index contributed by atoms with van der Waals surface area (Å²) < 4.78 is 11.7. The largest absolute Gasteiger partial charge is 0.490 e. The Balaban J connectivity index is 1.85. The summed E-state index contributed by atoms with van der Waals surface area (Å²) in [4.78, 5) is 0. The van der Waals surface area contributed by atoms with Gasteiger partial charge in [-0.15, -0.1) is 0 Å². The molecule has 0 radical (unpaired) electrons. The lowest BCUT2D eigenvalue weighted by Crippen LogP contribution is -2.37. The highest BCUT2D eigenvalue weighted by Crippen LogP contribution is 2.39. The molecule has 1 saturated heterocycles. The van der Waals surface area contributed by atoms with Crippen molar-refractivity contribution >= 4 is 11.6 Å². The third-order valence-electron chi connectivity index (χ3n) is 4.03. The average Bonchev–Trinajstić information content (AvgIpc) is 2.93. The van der Waals surface area contributed by atoms with Crippen molar-refractivity contribution < 1.29 is 9.47 Å². The van der Waals surface area contributed by atoms with Gasteiger partial charge < -0.3 is 14.8 Å². The molecule has 1 aromatic carbocycles. The lowest BCUT2D eigenvalue weighted by molar-refractivity contribution is 0.0805. The Morgan fingerprint density at radius 2 is 2.32 bits per heavy atom. The van der Waals surface area contributed by atoms with Crippen molar-refractivity contribution in [3.05, 3.63) is 28.8 Å². The van der Waals surface area contributed by atoms with Crippen LogP contribution < -0.4 is 10.1 Å². The summed E-state index contributed by atoms with van der Waals surface area (Å²) >= 11 is 6.10. The van der Waals surface area contributed by atoms with E-state index in [1.807, 2.05) is 18.2 Å². The highest BCUT2D eigenvalue weighted by molar-refractivity contribution is 6.30. The number of fused-ring (bicyclic) bond motifs is 1. The number of hydrogen-bond acceptors (Lipinski definition) is 3. The van der Waals surface area contributed by atoms with Crippen LogP contribution in [0.3, 0.4) is 0 Å². The van der Waals surface area contributed by atoms with Crippen molar-refractivity contribution in [3.8, 4) is 5.75 Å². The van der Waals surface area contributed by atoms with Crippen LogP contribution in [0.2, 0.25) is 5.02 Å². The van der Waals surface area contributed by atoms with E-state index in [0.29, 0.717) is 12.0 Å². The van der Waals surface area contributed by atoms with Crippen LogP contribution >= 0.6 is 11.6 Å². The Morgan fingerprint density at radius 3 is 3.05 bits per heavy atom. The first-order chi connectivity index (χ1) is 9.28. The third-order valence-corrected chi connectivity index (χ3v) is 4.27. The molecule has 0 saturated carbocycles. The maximum Gasteiger partial charge on any atom is 0.124 e. The van der Waals surface area contributed by atoms with Gasteiger partial charge in [-0.2, -0.15) is 0 Å². The molecule has 0 aliphatic carbocycles. The van der Waals surface area contributed by atoms with Crippen LogP contribution in [0.25, 0.3) is 0 Å². The van der Waals surface area contributed by atoms with Gasteiger partial charge in [-0.25, -0.2) is 0 Å². The number of halogens is 1. The smallest absolute Gasteiger partial charge is 0.124 e. The molecule has 0 spiro atoms. The molecule has 2 aliphatic heterocycles. The third kappa shape index (κ3) is 2.73. The van der Waals surface area contributed by atoms with Crippen molar-refractivity contribution in [1.29, 1.82) is 0 Å². The molecule has 3 atom stereocenters. The quantitative estimate of drug-likeness (QED) is 0.923. The van der Waals surface area contributed by atoms with Crippen LogP contribution in [0.4, 0.5) is 0 Å². The first-order valence-corrected chi connectivity index (χ1v) is 7.43. The Morgan fingerprint density at radius 1 is 1.42 bits per heavy atom. The minimum absolute atomic E-state index is 0.250. The summed E-state index contributed by atoms with van der Waals surface area (Å²) in [6.07, 6.45) is 2.35. The van der Waals surface area contributed by atoms with Gasteiger partial charge in [0.15, 0.2) is 0 Å². The van der Waals surface area contributed by atoms with Crippen molar-refractivity contribution in [2.24, 2.45) is 5.92 Å². The predicted molar refractivity (Wildman–Crippen MR) is 75.8 cm³/mol. The molecule has 1 N–H and O–H groups in total. The summed E-state index contributed by atoms with van der Waals surface area (Å²) in [6.45, 7) is 4.77. The van der Waals surface area contributed by atoms with Gasteiger partial charge in [-0.05, 0) is 31.2 Å². The molecule has 0 bridgehead atoms. The van der Waals surface area contributed by atoms with Crippen LogP contribution in [0.5, 0.6) is 5.75 Å². The van der Waals surface area contributed by atoms with E-state index in [9.17, 15) is 0 Å². The molecule has 2 aliphatic rings. The summed E-state index contributed by atoms with van der Waals surface area (Å²) in [5.41, 5.74) is 1.18. The van der Waals surface area contributed by atoms with Crippen molar-refractivity contribution in [2.75, 3.05) is 19.8 Å². The average molecular weight is 282 g/mol. The second-order valence-electron chi connectivity index (χ2n) is 5.31. The molecule has 4 heteroatoms. The van der Waals surface area contributed by atoms with E-state index in [4.69, 9.17) is 21.1 Å². The van der Waals surface area contributed by atoms with E-state index in [1.165, 1.54) is 5.56 Å². The van der Waals surface area contributed by atoms with E-state index in [2.05, 4.69) is 12.2 Å². The molecule has 19 heavy (non-hydrogen) atoms.